The average molecular weight is 468 g/mol. The molecule has 0 spiro atoms. The molecule has 4 rings (SSSR count). The third-order valence-electron chi connectivity index (χ3n) is 4.80. The minimum atomic E-state index is -4.02. The number of methoxy groups -OCH3 is 1. The van der Waals surface area contributed by atoms with Crippen molar-refractivity contribution in [1.29, 1.82) is 0 Å². The van der Waals surface area contributed by atoms with Gasteiger partial charge in [0.25, 0.3) is 15.9 Å². The van der Waals surface area contributed by atoms with E-state index in [0.29, 0.717) is 30.4 Å². The van der Waals surface area contributed by atoms with E-state index in [2.05, 4.69) is 14.8 Å². The fraction of sp³-hybridized carbons (Fsp3) is 0.130. The number of anilines is 2. The molecule has 10 heteroatoms. The first-order valence-corrected chi connectivity index (χ1v) is 11.4. The van der Waals surface area contributed by atoms with Gasteiger partial charge in [0.15, 0.2) is 11.5 Å². The Hall–Kier alpha value is -4.05. The molecule has 0 radical (unpaired) electrons. The molecule has 0 saturated heterocycles. The van der Waals surface area contributed by atoms with Crippen molar-refractivity contribution >= 4 is 33.3 Å². The van der Waals surface area contributed by atoms with Crippen LogP contribution in [0.25, 0.3) is 0 Å². The number of esters is 1. The molecular formula is C23H20N2O7S. The molecule has 0 fully saturated rings. The highest BCUT2D eigenvalue weighted by molar-refractivity contribution is 7.92. The summed E-state index contributed by atoms with van der Waals surface area (Å²) in [5, 5.41) is 2.74. The number of amides is 1. The number of rotatable bonds is 6. The summed E-state index contributed by atoms with van der Waals surface area (Å²) < 4.78 is 43.8. The van der Waals surface area contributed by atoms with Crippen LogP contribution in [0.3, 0.4) is 0 Å². The second kappa shape index (κ2) is 9.21. The van der Waals surface area contributed by atoms with Gasteiger partial charge in [-0.25, -0.2) is 13.2 Å². The number of sulfonamides is 1. The fourth-order valence-corrected chi connectivity index (χ4v) is 4.26. The number of nitrogens with one attached hydrogen (secondary N) is 2. The number of ether oxygens (including phenoxy) is 3. The summed E-state index contributed by atoms with van der Waals surface area (Å²) in [5.41, 5.74) is 0.919. The maximum Gasteiger partial charge on any atom is 0.337 e. The molecule has 0 aromatic heterocycles. The molecule has 0 bridgehead atoms. The van der Waals surface area contributed by atoms with Crippen molar-refractivity contribution in [1.82, 2.24) is 0 Å². The van der Waals surface area contributed by atoms with Gasteiger partial charge < -0.3 is 19.5 Å². The van der Waals surface area contributed by atoms with Crippen molar-refractivity contribution in [2.75, 3.05) is 30.4 Å². The number of hydrogen-bond donors (Lipinski definition) is 2. The van der Waals surface area contributed by atoms with E-state index in [-0.39, 0.29) is 21.7 Å². The SMILES string of the molecule is COC(=O)c1ccc(S(=O)(=O)Nc2ccccc2C(=O)Nc2ccc3c(c2)OCCO3)cc1. The molecule has 9 nitrogen and oxygen atoms in total. The Balaban J connectivity index is 1.54. The summed E-state index contributed by atoms with van der Waals surface area (Å²) in [6, 6.07) is 16.5. The standard InChI is InChI=1S/C23H20N2O7S/c1-30-23(27)15-6-9-17(10-7-15)33(28,29)25-19-5-3-2-4-18(19)22(26)24-16-8-11-20-21(14-16)32-13-12-31-20/h2-11,14,25H,12-13H2,1H3,(H,24,26). The largest absolute Gasteiger partial charge is 0.486 e. The van der Waals surface area contributed by atoms with Crippen molar-refractivity contribution in [3.05, 3.63) is 77.9 Å². The maximum atomic E-state index is 12.9. The van der Waals surface area contributed by atoms with Crippen LogP contribution in [0.4, 0.5) is 11.4 Å². The van der Waals surface area contributed by atoms with E-state index in [4.69, 9.17) is 9.47 Å². The van der Waals surface area contributed by atoms with Crippen LogP contribution in [0.5, 0.6) is 11.5 Å². The van der Waals surface area contributed by atoms with E-state index in [9.17, 15) is 18.0 Å². The monoisotopic (exact) mass is 468 g/mol. The first-order valence-electron chi connectivity index (χ1n) is 9.88. The average Bonchev–Trinajstić information content (AvgIpc) is 2.83. The Morgan fingerprint density at radius 3 is 2.33 bits per heavy atom. The maximum absolute atomic E-state index is 12.9. The quantitative estimate of drug-likeness (QED) is 0.533. The number of carbonyl (C=O) groups is 2. The predicted molar refractivity (Wildman–Crippen MR) is 120 cm³/mol. The summed E-state index contributed by atoms with van der Waals surface area (Å²) in [7, 11) is -2.78. The summed E-state index contributed by atoms with van der Waals surface area (Å²) in [4.78, 5) is 24.4. The van der Waals surface area contributed by atoms with E-state index in [0.717, 1.165) is 0 Å². The van der Waals surface area contributed by atoms with Crippen LogP contribution >= 0.6 is 0 Å². The van der Waals surface area contributed by atoms with Gasteiger partial charge >= 0.3 is 5.97 Å². The summed E-state index contributed by atoms with van der Waals surface area (Å²) >= 11 is 0. The second-order valence-corrected chi connectivity index (χ2v) is 8.66. The van der Waals surface area contributed by atoms with Crippen LogP contribution < -0.4 is 19.5 Å². The zero-order valence-corrected chi connectivity index (χ0v) is 18.3. The van der Waals surface area contributed by atoms with Gasteiger partial charge in [-0.2, -0.15) is 0 Å². The van der Waals surface area contributed by atoms with Crippen molar-refractivity contribution in [2.24, 2.45) is 0 Å². The van der Waals surface area contributed by atoms with E-state index < -0.39 is 21.9 Å². The number of para-hydroxylation sites is 1. The molecule has 0 unspecified atom stereocenters. The minimum Gasteiger partial charge on any atom is -0.486 e. The van der Waals surface area contributed by atoms with Crippen molar-refractivity contribution in [2.45, 2.75) is 4.90 Å². The van der Waals surface area contributed by atoms with E-state index in [1.54, 1.807) is 30.3 Å². The summed E-state index contributed by atoms with van der Waals surface area (Å²) in [5.74, 6) is 0.0214. The number of fused-ring (bicyclic) bond motifs is 1. The van der Waals surface area contributed by atoms with Gasteiger partial charge in [0.1, 0.15) is 13.2 Å². The predicted octanol–water partition coefficient (Wildman–Crippen LogP) is 3.30. The number of benzene rings is 3. The molecule has 1 heterocycles. The molecule has 1 aliphatic rings. The lowest BCUT2D eigenvalue weighted by atomic mass is 10.1. The lowest BCUT2D eigenvalue weighted by Gasteiger charge is -2.19. The van der Waals surface area contributed by atoms with Crippen molar-refractivity contribution in [3.63, 3.8) is 0 Å². The van der Waals surface area contributed by atoms with Crippen LogP contribution in [0.1, 0.15) is 20.7 Å². The summed E-state index contributed by atoms with van der Waals surface area (Å²) in [6.07, 6.45) is 0. The smallest absolute Gasteiger partial charge is 0.337 e. The Labute approximate surface area is 190 Å². The second-order valence-electron chi connectivity index (χ2n) is 6.98. The number of hydrogen-bond acceptors (Lipinski definition) is 7. The van der Waals surface area contributed by atoms with Crippen LogP contribution in [0.2, 0.25) is 0 Å². The Kier molecular flexibility index (Phi) is 6.18. The lowest BCUT2D eigenvalue weighted by Crippen LogP contribution is -2.19. The van der Waals surface area contributed by atoms with Gasteiger partial charge in [-0.3, -0.25) is 9.52 Å². The van der Waals surface area contributed by atoms with E-state index >= 15 is 0 Å². The van der Waals surface area contributed by atoms with Gasteiger partial charge in [0.2, 0.25) is 0 Å². The van der Waals surface area contributed by atoms with Crippen LogP contribution in [-0.2, 0) is 14.8 Å². The van der Waals surface area contributed by atoms with Gasteiger partial charge in [0, 0.05) is 11.8 Å². The van der Waals surface area contributed by atoms with Gasteiger partial charge in [-0.1, -0.05) is 12.1 Å². The molecule has 170 valence electrons. The molecular weight excluding hydrogens is 448 g/mol. The number of carbonyl (C=O) groups excluding carboxylic acids is 2. The fourth-order valence-electron chi connectivity index (χ4n) is 3.18. The zero-order valence-electron chi connectivity index (χ0n) is 17.5. The van der Waals surface area contributed by atoms with Crippen LogP contribution in [0, 0.1) is 0 Å². The minimum absolute atomic E-state index is 0.0720. The highest BCUT2D eigenvalue weighted by atomic mass is 32.2. The molecule has 2 N–H and O–H groups in total. The summed E-state index contributed by atoms with van der Waals surface area (Å²) in [6.45, 7) is 0.868. The molecule has 1 aliphatic heterocycles. The zero-order chi connectivity index (χ0) is 23.4. The normalized spacial score (nSPS) is 12.5. The Morgan fingerprint density at radius 1 is 0.909 bits per heavy atom. The highest BCUT2D eigenvalue weighted by Crippen LogP contribution is 2.33. The highest BCUT2D eigenvalue weighted by Gasteiger charge is 2.20. The third kappa shape index (κ3) is 4.90. The van der Waals surface area contributed by atoms with Crippen molar-refractivity contribution < 1.29 is 32.2 Å². The lowest BCUT2D eigenvalue weighted by molar-refractivity contribution is 0.0600. The van der Waals surface area contributed by atoms with Crippen LogP contribution in [0.15, 0.2) is 71.6 Å². The van der Waals surface area contributed by atoms with Gasteiger partial charge in [-0.05, 0) is 48.5 Å². The molecule has 3 aromatic carbocycles. The topological polar surface area (TPSA) is 120 Å². The Morgan fingerprint density at radius 2 is 1.61 bits per heavy atom. The first-order chi connectivity index (χ1) is 15.9. The molecule has 0 saturated carbocycles. The van der Waals surface area contributed by atoms with Gasteiger partial charge in [-0.15, -0.1) is 0 Å². The first kappa shape index (κ1) is 22.2. The molecule has 0 aliphatic carbocycles. The van der Waals surface area contributed by atoms with E-state index in [1.807, 2.05) is 0 Å². The van der Waals surface area contributed by atoms with Crippen LogP contribution in [-0.4, -0.2) is 40.6 Å². The van der Waals surface area contributed by atoms with Gasteiger partial charge in [0.05, 0.1) is 28.8 Å². The molecule has 0 atom stereocenters. The molecule has 33 heavy (non-hydrogen) atoms. The van der Waals surface area contributed by atoms with E-state index in [1.165, 1.54) is 43.5 Å². The molecule has 3 aromatic rings. The Bertz CT molecular complexity index is 1300. The van der Waals surface area contributed by atoms with Crippen molar-refractivity contribution in [3.8, 4) is 11.5 Å². The molecule has 1 amide bonds. The third-order valence-corrected chi connectivity index (χ3v) is 6.18.